The van der Waals surface area contributed by atoms with E-state index in [1.807, 2.05) is 42.5 Å². The van der Waals surface area contributed by atoms with Gasteiger partial charge in [0.25, 0.3) is 5.91 Å². The van der Waals surface area contributed by atoms with Crippen LogP contribution in [-0.2, 0) is 5.54 Å². The van der Waals surface area contributed by atoms with Crippen molar-refractivity contribution in [2.24, 2.45) is 0 Å². The number of aromatic amines is 1. The molecule has 0 aliphatic rings. The quantitative estimate of drug-likeness (QED) is 0.690. The molecule has 4 nitrogen and oxygen atoms in total. The average Bonchev–Trinajstić information content (AvgIpc) is 3.10. The van der Waals surface area contributed by atoms with Crippen LogP contribution in [0.15, 0.2) is 54.6 Å². The second-order valence-electron chi connectivity index (χ2n) is 6.25. The fourth-order valence-corrected chi connectivity index (χ4v) is 3.31. The van der Waals surface area contributed by atoms with E-state index in [1.165, 1.54) is 0 Å². The number of carbonyl (C=O) groups is 1. The Morgan fingerprint density at radius 2 is 1.80 bits per heavy atom. The first-order valence-electron chi connectivity index (χ1n) is 8.66. The SMILES string of the molecule is CCC(CC)(NC(=O)c1cc2cc(OC)ccc2[nH]1)c1ccccc1. The van der Waals surface area contributed by atoms with E-state index in [0.29, 0.717) is 5.69 Å². The number of methoxy groups -OCH3 is 1. The molecule has 3 rings (SSSR count). The second-order valence-corrected chi connectivity index (χ2v) is 6.25. The van der Waals surface area contributed by atoms with E-state index in [1.54, 1.807) is 7.11 Å². The van der Waals surface area contributed by atoms with Gasteiger partial charge in [0.15, 0.2) is 0 Å². The van der Waals surface area contributed by atoms with Crippen molar-refractivity contribution in [1.29, 1.82) is 0 Å². The van der Waals surface area contributed by atoms with Crippen molar-refractivity contribution in [3.05, 3.63) is 65.9 Å². The lowest BCUT2D eigenvalue weighted by Crippen LogP contribution is -2.45. The average molecular weight is 336 g/mol. The van der Waals surface area contributed by atoms with Crippen LogP contribution in [0.4, 0.5) is 0 Å². The summed E-state index contributed by atoms with van der Waals surface area (Å²) in [5.41, 5.74) is 2.24. The molecule has 2 aromatic carbocycles. The van der Waals surface area contributed by atoms with Gasteiger partial charge in [0.05, 0.1) is 12.6 Å². The number of carbonyl (C=O) groups excluding carboxylic acids is 1. The monoisotopic (exact) mass is 336 g/mol. The number of amides is 1. The molecule has 0 aliphatic heterocycles. The van der Waals surface area contributed by atoms with Crippen molar-refractivity contribution < 1.29 is 9.53 Å². The summed E-state index contributed by atoms with van der Waals surface area (Å²) in [6.07, 6.45) is 1.65. The van der Waals surface area contributed by atoms with Crippen molar-refractivity contribution in [3.8, 4) is 5.75 Å². The third kappa shape index (κ3) is 3.25. The Morgan fingerprint density at radius 1 is 1.08 bits per heavy atom. The molecule has 0 saturated heterocycles. The molecule has 0 aliphatic carbocycles. The summed E-state index contributed by atoms with van der Waals surface area (Å²) in [7, 11) is 1.64. The van der Waals surface area contributed by atoms with Crippen LogP contribution in [-0.4, -0.2) is 18.0 Å². The summed E-state index contributed by atoms with van der Waals surface area (Å²) in [6, 6.07) is 17.8. The summed E-state index contributed by atoms with van der Waals surface area (Å²) in [4.78, 5) is 16.1. The number of nitrogens with one attached hydrogen (secondary N) is 2. The van der Waals surface area contributed by atoms with E-state index >= 15 is 0 Å². The Bertz CT molecular complexity index is 864. The van der Waals surface area contributed by atoms with Gasteiger partial charge in [0, 0.05) is 10.9 Å². The first kappa shape index (κ1) is 17.1. The largest absolute Gasteiger partial charge is 0.497 e. The van der Waals surface area contributed by atoms with Crippen molar-refractivity contribution >= 4 is 16.8 Å². The lowest BCUT2D eigenvalue weighted by Gasteiger charge is -2.33. The molecular weight excluding hydrogens is 312 g/mol. The van der Waals surface area contributed by atoms with E-state index in [-0.39, 0.29) is 11.4 Å². The molecule has 0 unspecified atom stereocenters. The highest BCUT2D eigenvalue weighted by Crippen LogP contribution is 2.29. The van der Waals surface area contributed by atoms with E-state index in [9.17, 15) is 4.79 Å². The number of benzene rings is 2. The van der Waals surface area contributed by atoms with Gasteiger partial charge in [-0.2, -0.15) is 0 Å². The maximum Gasteiger partial charge on any atom is 0.268 e. The zero-order chi connectivity index (χ0) is 17.9. The molecule has 130 valence electrons. The highest BCUT2D eigenvalue weighted by molar-refractivity contribution is 5.98. The first-order chi connectivity index (χ1) is 12.1. The molecule has 2 N–H and O–H groups in total. The fraction of sp³-hybridized carbons (Fsp3) is 0.286. The highest BCUT2D eigenvalue weighted by atomic mass is 16.5. The topological polar surface area (TPSA) is 54.1 Å². The summed E-state index contributed by atoms with van der Waals surface area (Å²) < 4.78 is 5.25. The second kappa shape index (κ2) is 7.01. The maximum absolute atomic E-state index is 12.9. The third-order valence-corrected chi connectivity index (χ3v) is 4.96. The van der Waals surface area contributed by atoms with Gasteiger partial charge >= 0.3 is 0 Å². The molecule has 0 radical (unpaired) electrons. The number of rotatable bonds is 6. The standard InChI is InChI=1S/C21H24N2O2/c1-4-21(5-2,16-9-7-6-8-10-16)23-20(24)19-14-15-13-17(25-3)11-12-18(15)22-19/h6-14,22H,4-5H2,1-3H3,(H,23,24). The Kier molecular flexibility index (Phi) is 4.79. The van der Waals surface area contributed by atoms with Gasteiger partial charge in [0.2, 0.25) is 0 Å². The molecular formula is C21H24N2O2. The number of fused-ring (bicyclic) bond motifs is 1. The Hall–Kier alpha value is -2.75. The summed E-state index contributed by atoms with van der Waals surface area (Å²) in [6.45, 7) is 4.21. The minimum atomic E-state index is -0.368. The summed E-state index contributed by atoms with van der Waals surface area (Å²) in [5.74, 6) is 0.682. The molecule has 1 heterocycles. The minimum Gasteiger partial charge on any atom is -0.497 e. The van der Waals surface area contributed by atoms with E-state index in [4.69, 9.17) is 4.74 Å². The molecule has 1 amide bonds. The van der Waals surface area contributed by atoms with Crippen molar-refractivity contribution in [3.63, 3.8) is 0 Å². The summed E-state index contributed by atoms with van der Waals surface area (Å²) in [5, 5.41) is 4.21. The Balaban J connectivity index is 1.91. The minimum absolute atomic E-state index is 0.0947. The summed E-state index contributed by atoms with van der Waals surface area (Å²) >= 11 is 0. The van der Waals surface area contributed by atoms with Crippen LogP contribution < -0.4 is 10.1 Å². The lowest BCUT2D eigenvalue weighted by molar-refractivity contribution is 0.0885. The number of hydrogen-bond donors (Lipinski definition) is 2. The molecule has 0 fully saturated rings. The van der Waals surface area contributed by atoms with Crippen LogP contribution in [0.3, 0.4) is 0 Å². The fourth-order valence-electron chi connectivity index (χ4n) is 3.31. The number of H-pyrrole nitrogens is 1. The van der Waals surface area contributed by atoms with Crippen molar-refractivity contribution in [2.75, 3.05) is 7.11 Å². The van der Waals surface area contributed by atoms with Gasteiger partial charge < -0.3 is 15.0 Å². The predicted octanol–water partition coefficient (Wildman–Crippen LogP) is 4.62. The molecule has 4 heteroatoms. The van der Waals surface area contributed by atoms with Crippen LogP contribution in [0.5, 0.6) is 5.75 Å². The molecule has 25 heavy (non-hydrogen) atoms. The molecule has 1 aromatic heterocycles. The molecule has 0 spiro atoms. The van der Waals surface area contributed by atoms with Gasteiger partial charge in [-0.15, -0.1) is 0 Å². The van der Waals surface area contributed by atoms with E-state index in [0.717, 1.165) is 35.1 Å². The van der Waals surface area contributed by atoms with Crippen LogP contribution in [0, 0.1) is 0 Å². The van der Waals surface area contributed by atoms with Crippen LogP contribution in [0.2, 0.25) is 0 Å². The van der Waals surface area contributed by atoms with Crippen LogP contribution in [0.1, 0.15) is 42.7 Å². The lowest BCUT2D eigenvalue weighted by atomic mass is 9.84. The van der Waals surface area contributed by atoms with Gasteiger partial charge in [-0.25, -0.2) is 0 Å². The molecule has 3 aromatic rings. The molecule has 0 bridgehead atoms. The van der Waals surface area contributed by atoms with Gasteiger partial charge in [0.1, 0.15) is 11.4 Å². The zero-order valence-corrected chi connectivity index (χ0v) is 14.9. The van der Waals surface area contributed by atoms with Crippen molar-refractivity contribution in [2.45, 2.75) is 32.2 Å². The smallest absolute Gasteiger partial charge is 0.268 e. The highest BCUT2D eigenvalue weighted by Gasteiger charge is 2.30. The van der Waals surface area contributed by atoms with Gasteiger partial charge in [-0.3, -0.25) is 4.79 Å². The molecule has 0 atom stereocenters. The maximum atomic E-state index is 12.9. The Morgan fingerprint density at radius 3 is 2.44 bits per heavy atom. The van der Waals surface area contributed by atoms with Crippen LogP contribution >= 0.6 is 0 Å². The van der Waals surface area contributed by atoms with Gasteiger partial charge in [-0.05, 0) is 42.7 Å². The normalized spacial score (nSPS) is 11.5. The Labute approximate surface area is 148 Å². The van der Waals surface area contributed by atoms with Gasteiger partial charge in [-0.1, -0.05) is 44.2 Å². The number of aromatic nitrogens is 1. The first-order valence-corrected chi connectivity index (χ1v) is 8.66. The third-order valence-electron chi connectivity index (χ3n) is 4.96. The van der Waals surface area contributed by atoms with Crippen LogP contribution in [0.25, 0.3) is 10.9 Å². The van der Waals surface area contributed by atoms with E-state index in [2.05, 4.69) is 36.3 Å². The van der Waals surface area contributed by atoms with Crippen molar-refractivity contribution in [1.82, 2.24) is 10.3 Å². The zero-order valence-electron chi connectivity index (χ0n) is 14.9. The molecule has 0 saturated carbocycles. The predicted molar refractivity (Wildman–Crippen MR) is 101 cm³/mol. The number of ether oxygens (including phenoxy) is 1. The number of hydrogen-bond acceptors (Lipinski definition) is 2. The van der Waals surface area contributed by atoms with E-state index < -0.39 is 0 Å².